The second kappa shape index (κ2) is 5.12. The molecule has 0 spiro atoms. The Morgan fingerprint density at radius 3 is 1.78 bits per heavy atom. The van der Waals surface area contributed by atoms with E-state index in [0.29, 0.717) is 6.42 Å². The molecule has 0 rings (SSSR count). The number of unbranched alkanes of at least 4 members (excludes halogenated alkanes) is 1. The smallest absolute Gasteiger partial charge is 0.171 e. The van der Waals surface area contributed by atoms with Gasteiger partial charge in [0.1, 0.15) is 0 Å². The fourth-order valence-corrected chi connectivity index (χ4v) is 0.377. The van der Waals surface area contributed by atoms with Gasteiger partial charge >= 0.3 is 23.2 Å². The second-order valence-electron chi connectivity index (χ2n) is 1.72. The largest absolute Gasteiger partial charge is 3.00 e. The fraction of sp³-hybridized carbons (Fsp3) is 1.00. The zero-order chi connectivity index (χ0) is 6.62. The molecule has 0 fully saturated rings. The topological polar surface area (TPSA) is 0 Å². The third kappa shape index (κ3) is 11.7. The van der Waals surface area contributed by atoms with Gasteiger partial charge in [-0.25, -0.2) is 0 Å². The Morgan fingerprint density at radius 2 is 1.67 bits per heavy atom. The van der Waals surface area contributed by atoms with Gasteiger partial charge in [0, 0.05) is 6.42 Å². The van der Waals surface area contributed by atoms with E-state index in [4.69, 9.17) is 0 Å². The van der Waals surface area contributed by atoms with Crippen molar-refractivity contribution in [2.45, 2.75) is 32.4 Å². The molecule has 4 heteroatoms. The standard InChI is InChI=1S/C5H9F3.Fe/c1-2-3-4-5(6,7)8;/h2-4H2,1H3;/q;+3. The SMILES string of the molecule is CCCCC(F)(F)F.[Fe+3]. The first kappa shape index (κ1) is 12.0. The molecule has 0 atom stereocenters. The van der Waals surface area contributed by atoms with Crippen LogP contribution < -0.4 is 0 Å². The van der Waals surface area contributed by atoms with Crippen molar-refractivity contribution >= 4 is 0 Å². The van der Waals surface area contributed by atoms with Crippen molar-refractivity contribution < 1.29 is 30.2 Å². The van der Waals surface area contributed by atoms with Crippen LogP contribution in [-0.2, 0) is 17.1 Å². The van der Waals surface area contributed by atoms with Crippen molar-refractivity contribution in [1.82, 2.24) is 0 Å². The van der Waals surface area contributed by atoms with Crippen LogP contribution in [0.15, 0.2) is 0 Å². The van der Waals surface area contributed by atoms with Crippen LogP contribution in [0.25, 0.3) is 0 Å². The quantitative estimate of drug-likeness (QED) is 0.576. The Bertz CT molecular complexity index is 59.7. The molecule has 0 aromatic rings. The molecule has 0 aliphatic heterocycles. The van der Waals surface area contributed by atoms with Gasteiger partial charge in [-0.3, -0.25) is 0 Å². The van der Waals surface area contributed by atoms with E-state index in [0.717, 1.165) is 0 Å². The average molecular weight is 182 g/mol. The molecular weight excluding hydrogens is 173 g/mol. The monoisotopic (exact) mass is 182 g/mol. The molecule has 0 aliphatic rings. The van der Waals surface area contributed by atoms with Crippen molar-refractivity contribution in [2.24, 2.45) is 0 Å². The molecule has 0 nitrogen and oxygen atoms in total. The van der Waals surface area contributed by atoms with E-state index in [-0.39, 0.29) is 23.5 Å². The third-order valence-electron chi connectivity index (χ3n) is 0.814. The zero-order valence-electron chi connectivity index (χ0n) is 5.11. The Balaban J connectivity index is 0. The van der Waals surface area contributed by atoms with Crippen LogP contribution in [0.3, 0.4) is 0 Å². The molecule has 1 radical (unpaired) electrons. The minimum atomic E-state index is -3.95. The van der Waals surface area contributed by atoms with Crippen LogP contribution in [0.5, 0.6) is 0 Å². The summed E-state index contributed by atoms with van der Waals surface area (Å²) < 4.78 is 33.7. The van der Waals surface area contributed by atoms with Crippen molar-refractivity contribution in [2.75, 3.05) is 0 Å². The molecule has 0 N–H and O–H groups in total. The van der Waals surface area contributed by atoms with Gasteiger partial charge in [-0.15, -0.1) is 0 Å². The summed E-state index contributed by atoms with van der Waals surface area (Å²) in [7, 11) is 0. The number of alkyl halides is 3. The number of hydrogen-bond acceptors (Lipinski definition) is 0. The molecule has 0 aliphatic carbocycles. The van der Waals surface area contributed by atoms with Crippen LogP contribution >= 0.6 is 0 Å². The van der Waals surface area contributed by atoms with Gasteiger partial charge in [0.2, 0.25) is 0 Å². The average Bonchev–Trinajstić information content (AvgIpc) is 1.59. The number of hydrogen-bond donors (Lipinski definition) is 0. The fourth-order valence-electron chi connectivity index (χ4n) is 0.377. The molecule has 0 unspecified atom stereocenters. The van der Waals surface area contributed by atoms with E-state index in [1.807, 2.05) is 0 Å². The molecule has 9 heavy (non-hydrogen) atoms. The van der Waals surface area contributed by atoms with Crippen molar-refractivity contribution in [3.8, 4) is 0 Å². The van der Waals surface area contributed by atoms with E-state index in [2.05, 4.69) is 0 Å². The number of rotatable bonds is 2. The molecule has 55 valence electrons. The Kier molecular flexibility index (Phi) is 6.85. The molecular formula is C5H9F3Fe+3. The summed E-state index contributed by atoms with van der Waals surface area (Å²) in [6.45, 7) is 1.74. The molecule has 0 aromatic carbocycles. The van der Waals surface area contributed by atoms with Gasteiger partial charge in [-0.05, 0) is 6.42 Å². The summed E-state index contributed by atoms with van der Waals surface area (Å²) in [4.78, 5) is 0. The predicted molar refractivity (Wildman–Crippen MR) is 25.6 cm³/mol. The molecule has 0 saturated carbocycles. The van der Waals surface area contributed by atoms with Gasteiger partial charge < -0.3 is 0 Å². The first-order chi connectivity index (χ1) is 3.56. The molecule has 0 heterocycles. The van der Waals surface area contributed by atoms with Crippen LogP contribution in [0.4, 0.5) is 13.2 Å². The first-order valence-corrected chi connectivity index (χ1v) is 2.63. The van der Waals surface area contributed by atoms with E-state index >= 15 is 0 Å². The van der Waals surface area contributed by atoms with Gasteiger partial charge in [-0.2, -0.15) is 13.2 Å². The number of halogens is 3. The summed E-state index contributed by atoms with van der Waals surface area (Å²) in [5, 5.41) is 0. The zero-order valence-corrected chi connectivity index (χ0v) is 6.21. The van der Waals surface area contributed by atoms with Crippen LogP contribution in [0, 0.1) is 0 Å². The summed E-state index contributed by atoms with van der Waals surface area (Å²) in [6.07, 6.45) is -3.72. The normalized spacial score (nSPS) is 10.7. The first-order valence-electron chi connectivity index (χ1n) is 2.63. The Labute approximate surface area is 63.3 Å². The van der Waals surface area contributed by atoms with Crippen molar-refractivity contribution in [3.05, 3.63) is 0 Å². The minimum Gasteiger partial charge on any atom is -0.171 e. The van der Waals surface area contributed by atoms with Gasteiger partial charge in [0.15, 0.2) is 0 Å². The summed E-state index contributed by atoms with van der Waals surface area (Å²) >= 11 is 0. The molecule has 0 aromatic heterocycles. The summed E-state index contributed by atoms with van der Waals surface area (Å²) in [5.41, 5.74) is 0. The van der Waals surface area contributed by atoms with E-state index < -0.39 is 12.6 Å². The van der Waals surface area contributed by atoms with Gasteiger partial charge in [-0.1, -0.05) is 13.3 Å². The summed E-state index contributed by atoms with van der Waals surface area (Å²) in [6, 6.07) is 0. The van der Waals surface area contributed by atoms with Crippen LogP contribution in [0.2, 0.25) is 0 Å². The van der Waals surface area contributed by atoms with Crippen LogP contribution in [-0.4, -0.2) is 6.18 Å². The molecule has 0 saturated heterocycles. The summed E-state index contributed by atoms with van der Waals surface area (Å²) in [5.74, 6) is 0. The van der Waals surface area contributed by atoms with E-state index in [9.17, 15) is 13.2 Å². The predicted octanol–water partition coefficient (Wildman–Crippen LogP) is 2.74. The maximum atomic E-state index is 11.2. The van der Waals surface area contributed by atoms with Crippen molar-refractivity contribution in [1.29, 1.82) is 0 Å². The molecule has 0 amide bonds. The van der Waals surface area contributed by atoms with E-state index in [1.54, 1.807) is 6.92 Å². The third-order valence-corrected chi connectivity index (χ3v) is 0.814. The maximum Gasteiger partial charge on any atom is 3.00 e. The van der Waals surface area contributed by atoms with Gasteiger partial charge in [0.25, 0.3) is 0 Å². The van der Waals surface area contributed by atoms with E-state index in [1.165, 1.54) is 0 Å². The maximum absolute atomic E-state index is 11.2. The second-order valence-corrected chi connectivity index (χ2v) is 1.72. The van der Waals surface area contributed by atoms with Crippen molar-refractivity contribution in [3.63, 3.8) is 0 Å². The van der Waals surface area contributed by atoms with Crippen LogP contribution in [0.1, 0.15) is 26.2 Å². The van der Waals surface area contributed by atoms with Gasteiger partial charge in [0.05, 0.1) is 0 Å². The minimum absolute atomic E-state index is 0. The Morgan fingerprint density at radius 1 is 1.22 bits per heavy atom. The molecule has 0 bridgehead atoms. The Hall–Kier alpha value is 0.309.